The van der Waals surface area contributed by atoms with E-state index in [2.05, 4.69) is 26.6 Å². The van der Waals surface area contributed by atoms with Crippen molar-refractivity contribution in [1.82, 2.24) is 29.9 Å². The predicted molar refractivity (Wildman–Crippen MR) is 110 cm³/mol. The highest BCUT2D eigenvalue weighted by molar-refractivity contribution is 5.83. The fourth-order valence-corrected chi connectivity index (χ4v) is 3.39. The second-order valence-corrected chi connectivity index (χ2v) is 6.99. The van der Waals surface area contributed by atoms with Gasteiger partial charge in [-0.15, -0.1) is 5.10 Å². The Morgan fingerprint density at radius 2 is 1.97 bits per heavy atom. The summed E-state index contributed by atoms with van der Waals surface area (Å²) in [4.78, 5) is 27.7. The van der Waals surface area contributed by atoms with Crippen LogP contribution in [0, 0.1) is 13.8 Å². The van der Waals surface area contributed by atoms with E-state index in [4.69, 9.17) is 0 Å². The zero-order valence-electron chi connectivity index (χ0n) is 16.3. The fraction of sp³-hybridized carbons (Fsp3) is 0.238. The van der Waals surface area contributed by atoms with Crippen LogP contribution in [0.15, 0.2) is 53.5 Å². The molecule has 3 aromatic heterocycles. The van der Waals surface area contributed by atoms with Gasteiger partial charge >= 0.3 is 0 Å². The Morgan fingerprint density at radius 1 is 1.14 bits per heavy atom. The van der Waals surface area contributed by atoms with Crippen molar-refractivity contribution in [3.8, 4) is 5.82 Å². The summed E-state index contributed by atoms with van der Waals surface area (Å²) >= 11 is 0. The summed E-state index contributed by atoms with van der Waals surface area (Å²) in [6.45, 7) is 4.14. The van der Waals surface area contributed by atoms with Crippen molar-refractivity contribution < 1.29 is 4.79 Å². The number of benzene rings is 1. The van der Waals surface area contributed by atoms with Crippen LogP contribution in [0.2, 0.25) is 0 Å². The SMILES string of the molecule is Cc1cc(C)n(-c2ccc(=O)n(CC(=O)NCCc3c[nH]c4ccccc34)n2)n1. The Kier molecular flexibility index (Phi) is 4.99. The van der Waals surface area contributed by atoms with Crippen LogP contribution >= 0.6 is 0 Å². The highest BCUT2D eigenvalue weighted by Gasteiger charge is 2.10. The first-order valence-electron chi connectivity index (χ1n) is 9.45. The number of rotatable bonds is 6. The normalized spacial score (nSPS) is 11.1. The van der Waals surface area contributed by atoms with E-state index in [-0.39, 0.29) is 18.0 Å². The highest BCUT2D eigenvalue weighted by Crippen LogP contribution is 2.17. The van der Waals surface area contributed by atoms with E-state index in [0.717, 1.165) is 32.5 Å². The second-order valence-electron chi connectivity index (χ2n) is 6.99. The molecule has 2 N–H and O–H groups in total. The Bertz CT molecular complexity index is 1230. The zero-order valence-corrected chi connectivity index (χ0v) is 16.3. The number of carbonyl (C=O) groups excluding carboxylic acids is 1. The first-order chi connectivity index (χ1) is 14.0. The zero-order chi connectivity index (χ0) is 20.4. The lowest BCUT2D eigenvalue weighted by Gasteiger charge is -2.09. The Morgan fingerprint density at radius 3 is 2.76 bits per heavy atom. The van der Waals surface area contributed by atoms with Crippen LogP contribution < -0.4 is 10.9 Å². The van der Waals surface area contributed by atoms with Gasteiger partial charge in [0.15, 0.2) is 5.82 Å². The predicted octanol–water partition coefficient (Wildman–Crippen LogP) is 1.89. The van der Waals surface area contributed by atoms with E-state index in [9.17, 15) is 9.59 Å². The van der Waals surface area contributed by atoms with E-state index in [1.807, 2.05) is 44.3 Å². The van der Waals surface area contributed by atoms with Crippen LogP contribution in [-0.2, 0) is 17.8 Å². The smallest absolute Gasteiger partial charge is 0.267 e. The maximum atomic E-state index is 12.3. The van der Waals surface area contributed by atoms with Gasteiger partial charge in [-0.05, 0) is 44.0 Å². The molecular formula is C21H22N6O2. The number of nitrogens with zero attached hydrogens (tertiary/aromatic N) is 4. The first-order valence-corrected chi connectivity index (χ1v) is 9.45. The Balaban J connectivity index is 1.41. The number of aryl methyl sites for hydroxylation is 2. The fourth-order valence-electron chi connectivity index (χ4n) is 3.39. The Hall–Kier alpha value is -3.68. The number of aromatic nitrogens is 5. The number of para-hydroxylation sites is 1. The van der Waals surface area contributed by atoms with Gasteiger partial charge in [-0.2, -0.15) is 5.10 Å². The molecule has 8 heteroatoms. The maximum absolute atomic E-state index is 12.3. The Labute approximate surface area is 167 Å². The first kappa shape index (κ1) is 18.7. The van der Waals surface area contributed by atoms with Gasteiger partial charge in [-0.1, -0.05) is 18.2 Å². The second kappa shape index (κ2) is 7.75. The average molecular weight is 390 g/mol. The number of fused-ring (bicyclic) bond motifs is 1. The van der Waals surface area contributed by atoms with Crippen molar-refractivity contribution in [1.29, 1.82) is 0 Å². The molecule has 8 nitrogen and oxygen atoms in total. The number of H-pyrrole nitrogens is 1. The number of carbonyl (C=O) groups is 1. The third kappa shape index (κ3) is 3.96. The molecule has 0 fully saturated rings. The summed E-state index contributed by atoms with van der Waals surface area (Å²) in [7, 11) is 0. The van der Waals surface area contributed by atoms with Crippen LogP contribution in [0.1, 0.15) is 17.0 Å². The third-order valence-corrected chi connectivity index (χ3v) is 4.76. The number of aromatic amines is 1. The van der Waals surface area contributed by atoms with Gasteiger partial charge in [0.25, 0.3) is 5.56 Å². The molecule has 1 amide bonds. The molecule has 0 radical (unpaired) electrons. The molecule has 0 saturated heterocycles. The van der Waals surface area contributed by atoms with Crippen molar-refractivity contribution in [2.75, 3.05) is 6.54 Å². The lowest BCUT2D eigenvalue weighted by atomic mass is 10.1. The number of hydrogen-bond acceptors (Lipinski definition) is 4. The number of hydrogen-bond donors (Lipinski definition) is 2. The average Bonchev–Trinajstić information content (AvgIpc) is 3.26. The molecule has 0 aliphatic rings. The van der Waals surface area contributed by atoms with Crippen molar-refractivity contribution >= 4 is 16.8 Å². The molecule has 4 rings (SSSR count). The van der Waals surface area contributed by atoms with Crippen LogP contribution in [0.25, 0.3) is 16.7 Å². The van der Waals surface area contributed by atoms with Crippen LogP contribution in [0.3, 0.4) is 0 Å². The minimum absolute atomic E-state index is 0.139. The number of nitrogens with one attached hydrogen (secondary N) is 2. The van der Waals surface area contributed by atoms with Gasteiger partial charge in [-0.3, -0.25) is 9.59 Å². The highest BCUT2D eigenvalue weighted by atomic mass is 16.2. The summed E-state index contributed by atoms with van der Waals surface area (Å²) in [6.07, 6.45) is 2.66. The van der Waals surface area contributed by atoms with Crippen molar-refractivity contribution in [3.63, 3.8) is 0 Å². The summed E-state index contributed by atoms with van der Waals surface area (Å²) < 4.78 is 2.81. The number of amides is 1. The molecule has 0 bridgehead atoms. The molecule has 1 aromatic carbocycles. The molecule has 0 spiro atoms. The van der Waals surface area contributed by atoms with Gasteiger partial charge < -0.3 is 10.3 Å². The molecular weight excluding hydrogens is 368 g/mol. The van der Waals surface area contributed by atoms with Crippen LogP contribution in [0.4, 0.5) is 0 Å². The van der Waals surface area contributed by atoms with Gasteiger partial charge in [0, 0.05) is 35.4 Å². The maximum Gasteiger partial charge on any atom is 0.267 e. The molecule has 3 heterocycles. The van der Waals surface area contributed by atoms with E-state index in [0.29, 0.717) is 18.8 Å². The van der Waals surface area contributed by atoms with Crippen molar-refractivity contribution in [2.45, 2.75) is 26.8 Å². The summed E-state index contributed by atoms with van der Waals surface area (Å²) in [5.74, 6) is 0.242. The standard InChI is InChI=1S/C21H22N6O2/c1-14-11-15(2)27(24-14)19-7-8-21(29)26(25-19)13-20(28)22-10-9-16-12-23-18-6-4-3-5-17(16)18/h3-8,11-12,23H,9-10,13H2,1-2H3,(H,22,28). The van der Waals surface area contributed by atoms with Crippen LogP contribution in [0.5, 0.6) is 0 Å². The van der Waals surface area contributed by atoms with Gasteiger partial charge in [-0.25, -0.2) is 9.36 Å². The van der Waals surface area contributed by atoms with E-state index < -0.39 is 0 Å². The molecule has 0 aliphatic heterocycles. The molecule has 0 unspecified atom stereocenters. The van der Waals surface area contributed by atoms with E-state index in [1.54, 1.807) is 10.7 Å². The lowest BCUT2D eigenvalue weighted by Crippen LogP contribution is -2.34. The molecule has 0 aliphatic carbocycles. The quantitative estimate of drug-likeness (QED) is 0.525. The minimum atomic E-state index is -0.331. The van der Waals surface area contributed by atoms with Crippen LogP contribution in [-0.4, -0.2) is 37.0 Å². The lowest BCUT2D eigenvalue weighted by molar-refractivity contribution is -0.121. The summed E-state index contributed by atoms with van der Waals surface area (Å²) in [5.41, 5.74) is 3.65. The minimum Gasteiger partial charge on any atom is -0.361 e. The van der Waals surface area contributed by atoms with Gasteiger partial charge in [0.05, 0.1) is 5.69 Å². The van der Waals surface area contributed by atoms with E-state index in [1.165, 1.54) is 6.07 Å². The topological polar surface area (TPSA) is 97.6 Å². The monoisotopic (exact) mass is 390 g/mol. The third-order valence-electron chi connectivity index (χ3n) is 4.76. The molecule has 29 heavy (non-hydrogen) atoms. The van der Waals surface area contributed by atoms with Crippen molar-refractivity contribution in [3.05, 3.63) is 76.0 Å². The van der Waals surface area contributed by atoms with E-state index >= 15 is 0 Å². The summed E-state index contributed by atoms with van der Waals surface area (Å²) in [6, 6.07) is 13.0. The molecule has 4 aromatic rings. The molecule has 148 valence electrons. The van der Waals surface area contributed by atoms with Gasteiger partial charge in [0.2, 0.25) is 5.91 Å². The summed E-state index contributed by atoms with van der Waals surface area (Å²) in [5, 5.41) is 12.7. The molecule has 0 saturated carbocycles. The van der Waals surface area contributed by atoms with Gasteiger partial charge in [0.1, 0.15) is 6.54 Å². The van der Waals surface area contributed by atoms with Crippen molar-refractivity contribution in [2.24, 2.45) is 0 Å². The largest absolute Gasteiger partial charge is 0.361 e. The molecule has 0 atom stereocenters.